The first kappa shape index (κ1) is 23.1. The summed E-state index contributed by atoms with van der Waals surface area (Å²) in [6, 6.07) is 15.6. The number of hydrogen-bond donors (Lipinski definition) is 2. The van der Waals surface area contributed by atoms with Gasteiger partial charge in [0.15, 0.2) is 0 Å². The van der Waals surface area contributed by atoms with Gasteiger partial charge in [-0.15, -0.1) is 0 Å². The van der Waals surface area contributed by atoms with Crippen LogP contribution in [0.5, 0.6) is 0 Å². The molecule has 0 bridgehead atoms. The van der Waals surface area contributed by atoms with Crippen molar-refractivity contribution in [3.8, 4) is 0 Å². The van der Waals surface area contributed by atoms with Gasteiger partial charge in [-0.05, 0) is 42.3 Å². The van der Waals surface area contributed by atoms with Gasteiger partial charge in [0.2, 0.25) is 5.91 Å². The second-order valence-electron chi connectivity index (χ2n) is 9.06. The Morgan fingerprint density at radius 2 is 1.68 bits per heavy atom. The molecule has 1 amide bonds. The molecule has 1 fully saturated rings. The number of piperazine rings is 1. The van der Waals surface area contributed by atoms with E-state index in [-0.39, 0.29) is 17.8 Å². The number of halogens is 1. The molecular formula is C25H36FN4O+. The fourth-order valence-corrected chi connectivity index (χ4v) is 4.21. The molecule has 1 atom stereocenters. The van der Waals surface area contributed by atoms with E-state index in [9.17, 15) is 9.18 Å². The zero-order chi connectivity index (χ0) is 22.4. The summed E-state index contributed by atoms with van der Waals surface area (Å²) in [6.07, 6.45) is 0.556. The van der Waals surface area contributed by atoms with Gasteiger partial charge in [0.1, 0.15) is 11.9 Å². The molecule has 1 aliphatic heterocycles. The Labute approximate surface area is 185 Å². The molecule has 5 nitrogen and oxygen atoms in total. The Hall–Kier alpha value is -2.60. The minimum Gasteiger partial charge on any atom is -0.378 e. The van der Waals surface area contributed by atoms with Gasteiger partial charge in [-0.3, -0.25) is 4.79 Å². The van der Waals surface area contributed by atoms with Gasteiger partial charge in [-0.1, -0.05) is 26.0 Å². The Morgan fingerprint density at radius 1 is 1.06 bits per heavy atom. The lowest BCUT2D eigenvalue weighted by Gasteiger charge is -2.38. The molecule has 0 unspecified atom stereocenters. The highest BCUT2D eigenvalue weighted by Gasteiger charge is 2.29. The number of benzene rings is 2. The van der Waals surface area contributed by atoms with Crippen LogP contribution in [-0.4, -0.2) is 52.7 Å². The van der Waals surface area contributed by atoms with E-state index in [0.717, 1.165) is 31.9 Å². The smallest absolute Gasteiger partial charge is 0.220 e. The van der Waals surface area contributed by atoms with Crippen LogP contribution in [0.15, 0.2) is 48.5 Å². The average Bonchev–Trinajstić information content (AvgIpc) is 2.75. The first-order valence-corrected chi connectivity index (χ1v) is 11.2. The molecule has 2 aromatic carbocycles. The van der Waals surface area contributed by atoms with Crippen LogP contribution in [0.2, 0.25) is 0 Å². The fourth-order valence-electron chi connectivity index (χ4n) is 4.21. The normalized spacial score (nSPS) is 15.7. The second kappa shape index (κ2) is 10.6. The number of amides is 1. The summed E-state index contributed by atoms with van der Waals surface area (Å²) in [4.78, 5) is 18.2. The lowest BCUT2D eigenvalue weighted by Crippen LogP contribution is -3.15. The molecule has 2 aromatic rings. The number of carbonyl (C=O) groups is 1. The van der Waals surface area contributed by atoms with Crippen LogP contribution in [0.25, 0.3) is 0 Å². The summed E-state index contributed by atoms with van der Waals surface area (Å²) in [5.41, 5.74) is 3.49. The van der Waals surface area contributed by atoms with Gasteiger partial charge in [0, 0.05) is 37.5 Å². The van der Waals surface area contributed by atoms with Crippen molar-refractivity contribution < 1.29 is 14.1 Å². The van der Waals surface area contributed by atoms with Crippen molar-refractivity contribution in [2.24, 2.45) is 5.92 Å². The lowest BCUT2D eigenvalue weighted by atomic mass is 10.0. The number of carbonyl (C=O) groups excluding carboxylic acids is 1. The molecule has 0 spiro atoms. The van der Waals surface area contributed by atoms with Crippen LogP contribution >= 0.6 is 0 Å². The molecule has 0 aromatic heterocycles. The molecule has 0 saturated carbocycles. The van der Waals surface area contributed by atoms with Crippen LogP contribution in [-0.2, 0) is 4.79 Å². The zero-order valence-corrected chi connectivity index (χ0v) is 19.2. The Kier molecular flexibility index (Phi) is 7.91. The zero-order valence-electron chi connectivity index (χ0n) is 19.2. The minimum absolute atomic E-state index is 0.120. The van der Waals surface area contributed by atoms with Crippen molar-refractivity contribution >= 4 is 17.3 Å². The molecule has 3 rings (SSSR count). The predicted molar refractivity (Wildman–Crippen MR) is 125 cm³/mol. The van der Waals surface area contributed by atoms with Gasteiger partial charge in [0.05, 0.1) is 32.7 Å². The fraction of sp³-hybridized carbons (Fsp3) is 0.480. The van der Waals surface area contributed by atoms with Crippen molar-refractivity contribution in [2.45, 2.75) is 26.3 Å². The van der Waals surface area contributed by atoms with Crippen LogP contribution in [0.4, 0.5) is 15.8 Å². The molecule has 6 heteroatoms. The highest BCUT2D eigenvalue weighted by molar-refractivity contribution is 5.76. The number of nitrogens with one attached hydrogen (secondary N) is 2. The third-order valence-electron chi connectivity index (χ3n) is 6.00. The van der Waals surface area contributed by atoms with E-state index in [1.807, 2.05) is 26.2 Å². The topological polar surface area (TPSA) is 40.0 Å². The van der Waals surface area contributed by atoms with E-state index in [2.05, 4.69) is 53.2 Å². The minimum atomic E-state index is -0.202. The van der Waals surface area contributed by atoms with E-state index in [0.29, 0.717) is 18.9 Å². The van der Waals surface area contributed by atoms with Crippen molar-refractivity contribution in [1.82, 2.24) is 5.32 Å². The molecule has 168 valence electrons. The van der Waals surface area contributed by atoms with E-state index in [4.69, 9.17) is 0 Å². The van der Waals surface area contributed by atoms with Crippen molar-refractivity contribution in [3.63, 3.8) is 0 Å². The number of rotatable bonds is 8. The molecule has 1 heterocycles. The van der Waals surface area contributed by atoms with Gasteiger partial charge >= 0.3 is 0 Å². The Morgan fingerprint density at radius 3 is 2.23 bits per heavy atom. The van der Waals surface area contributed by atoms with Gasteiger partial charge < -0.3 is 20.0 Å². The summed E-state index contributed by atoms with van der Waals surface area (Å²) < 4.78 is 13.3. The molecular weight excluding hydrogens is 391 g/mol. The maximum atomic E-state index is 13.3. The molecule has 2 N–H and O–H groups in total. The summed E-state index contributed by atoms with van der Waals surface area (Å²) >= 11 is 0. The maximum absolute atomic E-state index is 13.3. The Balaban J connectivity index is 1.70. The SMILES string of the molecule is CC(C)CC(=O)NC[C@H](c1ccc(N(C)C)cc1)[NH+]1CCN(c2ccc(F)cc2)CC1. The summed E-state index contributed by atoms with van der Waals surface area (Å²) in [6.45, 7) is 8.53. The molecule has 1 aliphatic rings. The number of hydrogen-bond acceptors (Lipinski definition) is 3. The standard InChI is InChI=1S/C25H35FN4O/c1-19(2)17-25(31)27-18-24(20-5-9-22(10-6-20)28(3)4)30-15-13-29(14-16-30)23-11-7-21(26)8-12-23/h5-12,19,24H,13-18H2,1-4H3,(H,27,31)/p+1/t24-/m1/s1. The number of anilines is 2. The highest BCUT2D eigenvalue weighted by atomic mass is 19.1. The lowest BCUT2D eigenvalue weighted by molar-refractivity contribution is -0.931. The maximum Gasteiger partial charge on any atom is 0.220 e. The molecule has 1 saturated heterocycles. The molecule has 31 heavy (non-hydrogen) atoms. The summed E-state index contributed by atoms with van der Waals surface area (Å²) in [5, 5.41) is 3.17. The number of nitrogens with zero attached hydrogens (tertiary/aromatic N) is 2. The number of quaternary nitrogens is 1. The van der Waals surface area contributed by atoms with Gasteiger partial charge in [0.25, 0.3) is 0 Å². The first-order valence-electron chi connectivity index (χ1n) is 11.2. The summed E-state index contributed by atoms with van der Waals surface area (Å²) in [7, 11) is 4.08. The Bertz CT molecular complexity index is 828. The third-order valence-corrected chi connectivity index (χ3v) is 6.00. The van der Waals surface area contributed by atoms with E-state index >= 15 is 0 Å². The highest BCUT2D eigenvalue weighted by Crippen LogP contribution is 2.18. The monoisotopic (exact) mass is 427 g/mol. The van der Waals surface area contributed by atoms with Gasteiger partial charge in [-0.2, -0.15) is 0 Å². The predicted octanol–water partition coefficient (Wildman–Crippen LogP) is 2.50. The van der Waals surface area contributed by atoms with Crippen molar-refractivity contribution in [1.29, 1.82) is 0 Å². The summed E-state index contributed by atoms with van der Waals surface area (Å²) in [5.74, 6) is 0.269. The van der Waals surface area contributed by atoms with Crippen LogP contribution in [0.1, 0.15) is 31.9 Å². The van der Waals surface area contributed by atoms with Crippen LogP contribution in [0.3, 0.4) is 0 Å². The van der Waals surface area contributed by atoms with E-state index in [1.165, 1.54) is 28.3 Å². The second-order valence-corrected chi connectivity index (χ2v) is 9.06. The average molecular weight is 428 g/mol. The van der Waals surface area contributed by atoms with Crippen molar-refractivity contribution in [3.05, 3.63) is 59.9 Å². The van der Waals surface area contributed by atoms with E-state index < -0.39 is 0 Å². The van der Waals surface area contributed by atoms with Gasteiger partial charge in [-0.25, -0.2) is 4.39 Å². The molecule has 0 aliphatic carbocycles. The molecule has 0 radical (unpaired) electrons. The van der Waals surface area contributed by atoms with Crippen LogP contribution in [0, 0.1) is 11.7 Å². The quantitative estimate of drug-likeness (QED) is 0.680. The van der Waals surface area contributed by atoms with E-state index in [1.54, 1.807) is 0 Å². The first-order chi connectivity index (χ1) is 14.8. The van der Waals surface area contributed by atoms with Crippen LogP contribution < -0.4 is 20.0 Å². The largest absolute Gasteiger partial charge is 0.378 e. The van der Waals surface area contributed by atoms with Crippen molar-refractivity contribution in [2.75, 3.05) is 56.6 Å². The third kappa shape index (κ3) is 6.44.